The van der Waals surface area contributed by atoms with Crippen molar-refractivity contribution in [2.75, 3.05) is 13.2 Å². The van der Waals surface area contributed by atoms with Crippen LogP contribution >= 0.6 is 0 Å². The van der Waals surface area contributed by atoms with E-state index in [4.69, 9.17) is 4.42 Å². The molecule has 1 heterocycles. The number of carbonyl (C=O) groups excluding carboxylic acids is 2. The summed E-state index contributed by atoms with van der Waals surface area (Å²) in [5.41, 5.74) is -0.394. The molecule has 1 aromatic heterocycles. The van der Waals surface area contributed by atoms with Crippen molar-refractivity contribution < 1.29 is 19.1 Å². The summed E-state index contributed by atoms with van der Waals surface area (Å²) in [6.45, 7) is 0.410. The van der Waals surface area contributed by atoms with Crippen LogP contribution in [-0.4, -0.2) is 35.6 Å². The Kier molecular flexibility index (Phi) is 4.79. The van der Waals surface area contributed by atoms with Crippen molar-refractivity contribution >= 4 is 11.8 Å². The lowest BCUT2D eigenvalue weighted by molar-refractivity contribution is -0.125. The minimum atomic E-state index is -0.394. The van der Waals surface area contributed by atoms with Gasteiger partial charge in [0.05, 0.1) is 18.4 Å². The largest absolute Gasteiger partial charge is 0.459 e. The number of nitrogens with one attached hydrogen (secondary N) is 2. The quantitative estimate of drug-likeness (QED) is 0.645. The Morgan fingerprint density at radius 1 is 1.40 bits per heavy atom. The van der Waals surface area contributed by atoms with Crippen LogP contribution in [0.3, 0.4) is 0 Å². The van der Waals surface area contributed by atoms with Gasteiger partial charge in [-0.05, 0) is 37.8 Å². The molecule has 1 fully saturated rings. The maximum absolute atomic E-state index is 11.7. The monoisotopic (exact) mass is 280 g/mol. The van der Waals surface area contributed by atoms with Crippen LogP contribution in [0.5, 0.6) is 0 Å². The van der Waals surface area contributed by atoms with Gasteiger partial charge in [-0.3, -0.25) is 9.59 Å². The minimum absolute atomic E-state index is 0.00598. The van der Waals surface area contributed by atoms with Gasteiger partial charge in [0.25, 0.3) is 5.91 Å². The number of aliphatic hydroxyl groups is 1. The summed E-state index contributed by atoms with van der Waals surface area (Å²) in [4.78, 5) is 23.3. The summed E-state index contributed by atoms with van der Waals surface area (Å²) in [6, 6.07) is 3.24. The molecular weight excluding hydrogens is 260 g/mol. The van der Waals surface area contributed by atoms with E-state index in [9.17, 15) is 14.7 Å². The second-order valence-electron chi connectivity index (χ2n) is 5.18. The molecule has 2 amide bonds. The van der Waals surface area contributed by atoms with Crippen molar-refractivity contribution in [3.63, 3.8) is 0 Å². The molecule has 0 spiro atoms. The molecule has 0 unspecified atom stereocenters. The normalized spacial score (nSPS) is 16.2. The molecule has 1 aliphatic rings. The molecule has 0 radical (unpaired) electrons. The highest BCUT2D eigenvalue weighted by atomic mass is 16.3. The van der Waals surface area contributed by atoms with E-state index < -0.39 is 5.54 Å². The predicted octanol–water partition coefficient (Wildman–Crippen LogP) is 0.821. The SMILES string of the molecule is O=C(CCCNC(=O)c1ccco1)NC1(CO)CCC1. The van der Waals surface area contributed by atoms with Gasteiger partial charge in [0.1, 0.15) is 0 Å². The Balaban J connectivity index is 1.61. The van der Waals surface area contributed by atoms with E-state index >= 15 is 0 Å². The molecule has 0 bridgehead atoms. The molecule has 20 heavy (non-hydrogen) atoms. The number of furan rings is 1. The van der Waals surface area contributed by atoms with E-state index in [0.29, 0.717) is 19.4 Å². The van der Waals surface area contributed by atoms with E-state index in [1.54, 1.807) is 12.1 Å². The number of amides is 2. The average molecular weight is 280 g/mol. The molecular formula is C14H20N2O4. The maximum Gasteiger partial charge on any atom is 0.286 e. The second kappa shape index (κ2) is 6.56. The van der Waals surface area contributed by atoms with E-state index in [0.717, 1.165) is 19.3 Å². The van der Waals surface area contributed by atoms with Gasteiger partial charge in [-0.2, -0.15) is 0 Å². The number of hydrogen-bond acceptors (Lipinski definition) is 4. The van der Waals surface area contributed by atoms with Crippen LogP contribution in [0.15, 0.2) is 22.8 Å². The number of aliphatic hydroxyl groups excluding tert-OH is 1. The summed E-state index contributed by atoms with van der Waals surface area (Å²) in [7, 11) is 0. The third-order valence-electron chi connectivity index (χ3n) is 3.63. The summed E-state index contributed by atoms with van der Waals surface area (Å²) < 4.78 is 4.96. The van der Waals surface area contributed by atoms with Crippen LogP contribution in [0.4, 0.5) is 0 Å². The van der Waals surface area contributed by atoms with Crippen LogP contribution in [-0.2, 0) is 4.79 Å². The molecule has 110 valence electrons. The van der Waals surface area contributed by atoms with Crippen LogP contribution < -0.4 is 10.6 Å². The summed E-state index contributed by atoms with van der Waals surface area (Å²) in [5, 5.41) is 14.8. The number of hydrogen-bond donors (Lipinski definition) is 3. The fourth-order valence-electron chi connectivity index (χ4n) is 2.23. The van der Waals surface area contributed by atoms with E-state index in [1.165, 1.54) is 6.26 Å². The first-order chi connectivity index (χ1) is 9.65. The molecule has 6 nitrogen and oxygen atoms in total. The molecule has 0 aliphatic heterocycles. The first kappa shape index (κ1) is 14.6. The standard InChI is InChI=1S/C14H20N2O4/c17-10-14(6-3-7-14)16-12(18)5-1-8-15-13(19)11-4-2-9-20-11/h2,4,9,17H,1,3,5-8,10H2,(H,15,19)(H,16,18). The molecule has 0 aromatic carbocycles. The van der Waals surface area contributed by atoms with Crippen LogP contribution in [0.2, 0.25) is 0 Å². The van der Waals surface area contributed by atoms with Gasteiger partial charge < -0.3 is 20.2 Å². The zero-order chi connectivity index (χ0) is 14.4. The van der Waals surface area contributed by atoms with Gasteiger partial charge in [0.2, 0.25) is 5.91 Å². The first-order valence-corrected chi connectivity index (χ1v) is 6.89. The Morgan fingerprint density at radius 3 is 2.75 bits per heavy atom. The van der Waals surface area contributed by atoms with Crippen molar-refractivity contribution in [1.82, 2.24) is 10.6 Å². The average Bonchev–Trinajstić information content (AvgIpc) is 2.93. The van der Waals surface area contributed by atoms with Crippen LogP contribution in [0.1, 0.15) is 42.7 Å². The smallest absolute Gasteiger partial charge is 0.286 e. The van der Waals surface area contributed by atoms with Gasteiger partial charge >= 0.3 is 0 Å². The molecule has 6 heteroatoms. The number of carbonyl (C=O) groups is 2. The van der Waals surface area contributed by atoms with Gasteiger partial charge in [0.15, 0.2) is 5.76 Å². The summed E-state index contributed by atoms with van der Waals surface area (Å²) >= 11 is 0. The Labute approximate surface area is 117 Å². The topological polar surface area (TPSA) is 91.6 Å². The molecule has 1 saturated carbocycles. The van der Waals surface area contributed by atoms with Gasteiger partial charge in [0, 0.05) is 13.0 Å². The van der Waals surface area contributed by atoms with Crippen molar-refractivity contribution in [3.8, 4) is 0 Å². The van der Waals surface area contributed by atoms with E-state index in [2.05, 4.69) is 10.6 Å². The Morgan fingerprint density at radius 2 is 2.20 bits per heavy atom. The lowest BCUT2D eigenvalue weighted by atomic mass is 9.77. The van der Waals surface area contributed by atoms with Crippen molar-refractivity contribution in [3.05, 3.63) is 24.2 Å². The van der Waals surface area contributed by atoms with Crippen molar-refractivity contribution in [1.29, 1.82) is 0 Å². The van der Waals surface area contributed by atoms with Gasteiger partial charge in [-0.15, -0.1) is 0 Å². The Hall–Kier alpha value is -1.82. The third kappa shape index (κ3) is 3.60. The molecule has 3 N–H and O–H groups in total. The van der Waals surface area contributed by atoms with E-state index in [-0.39, 0.29) is 24.2 Å². The highest BCUT2D eigenvalue weighted by Crippen LogP contribution is 2.31. The number of rotatable bonds is 7. The van der Waals surface area contributed by atoms with Gasteiger partial charge in [-0.25, -0.2) is 0 Å². The van der Waals surface area contributed by atoms with Crippen molar-refractivity contribution in [2.24, 2.45) is 0 Å². The van der Waals surface area contributed by atoms with Crippen molar-refractivity contribution in [2.45, 2.75) is 37.6 Å². The lowest BCUT2D eigenvalue weighted by Gasteiger charge is -2.41. The molecule has 1 aliphatic carbocycles. The van der Waals surface area contributed by atoms with E-state index in [1.807, 2.05) is 0 Å². The fraction of sp³-hybridized carbons (Fsp3) is 0.571. The molecule has 2 rings (SSSR count). The minimum Gasteiger partial charge on any atom is -0.459 e. The first-order valence-electron chi connectivity index (χ1n) is 6.89. The van der Waals surface area contributed by atoms with Crippen LogP contribution in [0, 0.1) is 0 Å². The second-order valence-corrected chi connectivity index (χ2v) is 5.18. The maximum atomic E-state index is 11.7. The third-order valence-corrected chi connectivity index (χ3v) is 3.63. The zero-order valence-electron chi connectivity index (χ0n) is 11.4. The highest BCUT2D eigenvalue weighted by molar-refractivity contribution is 5.91. The summed E-state index contributed by atoms with van der Waals surface area (Å²) in [5.74, 6) is -0.0876. The fourth-order valence-corrected chi connectivity index (χ4v) is 2.23. The highest BCUT2D eigenvalue weighted by Gasteiger charge is 2.37. The Bertz CT molecular complexity index is 446. The molecule has 1 aromatic rings. The van der Waals surface area contributed by atoms with Gasteiger partial charge in [-0.1, -0.05) is 0 Å². The van der Waals surface area contributed by atoms with Crippen LogP contribution in [0.25, 0.3) is 0 Å². The molecule has 0 saturated heterocycles. The molecule has 0 atom stereocenters. The predicted molar refractivity (Wildman–Crippen MR) is 72.1 cm³/mol. The summed E-state index contributed by atoms with van der Waals surface area (Å²) in [6.07, 6.45) is 5.05. The lowest BCUT2D eigenvalue weighted by Crippen LogP contribution is -2.56. The zero-order valence-corrected chi connectivity index (χ0v) is 11.4.